The Hall–Kier alpha value is -3.66. The number of hydrogen-bond donors (Lipinski definition) is 3. The number of alkyl halides is 3. The van der Waals surface area contributed by atoms with Crippen LogP contribution in [0.15, 0.2) is 60.8 Å². The normalized spacial score (nSPS) is 10.9. The second-order valence-electron chi connectivity index (χ2n) is 6.66. The summed E-state index contributed by atoms with van der Waals surface area (Å²) >= 11 is 5.18. The summed E-state index contributed by atoms with van der Waals surface area (Å²) in [6.45, 7) is 1.80. The van der Waals surface area contributed by atoms with Crippen LogP contribution in [0.25, 0.3) is 0 Å². The topological polar surface area (TPSA) is 75.3 Å². The van der Waals surface area contributed by atoms with Gasteiger partial charge in [0.25, 0.3) is 5.91 Å². The van der Waals surface area contributed by atoms with Gasteiger partial charge in [0, 0.05) is 25.0 Å². The number of aromatic nitrogens is 1. The molecule has 1 heterocycles. The molecule has 0 aliphatic rings. The number of hydrogen-bond acceptors (Lipinski definition) is 4. The van der Waals surface area contributed by atoms with E-state index >= 15 is 0 Å². The number of rotatable bonds is 5. The van der Waals surface area contributed by atoms with Gasteiger partial charge in [0.2, 0.25) is 0 Å². The molecule has 0 fully saturated rings. The van der Waals surface area contributed by atoms with Crippen LogP contribution in [-0.4, -0.2) is 23.1 Å². The standard InChI is InChI=1S/C22H19F3N4O2S/c1-13-11-14(31-15-9-10-27-19(12-15)20(30)26-2)7-8-17(13)28-21(32)29-18-6-4-3-5-16(18)22(23,24)25/h3-12H,1-2H3,(H,26,30)(H2,28,29,32). The molecule has 10 heteroatoms. The summed E-state index contributed by atoms with van der Waals surface area (Å²) in [6, 6.07) is 13.3. The van der Waals surface area contributed by atoms with Crippen LogP contribution in [0, 0.1) is 6.92 Å². The average molecular weight is 460 g/mol. The molecule has 0 aliphatic heterocycles. The highest BCUT2D eigenvalue weighted by Gasteiger charge is 2.33. The van der Waals surface area contributed by atoms with Crippen LogP contribution in [0.3, 0.4) is 0 Å². The van der Waals surface area contributed by atoms with E-state index in [2.05, 4.69) is 20.9 Å². The molecule has 0 saturated carbocycles. The Balaban J connectivity index is 1.70. The summed E-state index contributed by atoms with van der Waals surface area (Å²) in [5.41, 5.74) is 0.616. The van der Waals surface area contributed by atoms with Gasteiger partial charge in [-0.1, -0.05) is 12.1 Å². The van der Waals surface area contributed by atoms with Crippen molar-refractivity contribution in [2.45, 2.75) is 13.1 Å². The van der Waals surface area contributed by atoms with E-state index in [-0.39, 0.29) is 22.4 Å². The molecule has 0 saturated heterocycles. The highest BCUT2D eigenvalue weighted by molar-refractivity contribution is 7.80. The highest BCUT2D eigenvalue weighted by Crippen LogP contribution is 2.34. The first-order valence-corrected chi connectivity index (χ1v) is 9.79. The van der Waals surface area contributed by atoms with Crippen LogP contribution in [-0.2, 0) is 6.18 Å². The molecule has 166 valence electrons. The third-order valence-electron chi connectivity index (χ3n) is 4.35. The van der Waals surface area contributed by atoms with Crippen molar-refractivity contribution in [1.29, 1.82) is 0 Å². The predicted octanol–water partition coefficient (Wildman–Crippen LogP) is 5.37. The lowest BCUT2D eigenvalue weighted by atomic mass is 10.1. The van der Waals surface area contributed by atoms with Crippen LogP contribution >= 0.6 is 12.2 Å². The Labute approximate surface area is 187 Å². The molecule has 0 aliphatic carbocycles. The van der Waals surface area contributed by atoms with Gasteiger partial charge in [-0.25, -0.2) is 0 Å². The van der Waals surface area contributed by atoms with Crippen molar-refractivity contribution >= 4 is 34.6 Å². The van der Waals surface area contributed by atoms with Crippen molar-refractivity contribution in [2.75, 3.05) is 17.7 Å². The van der Waals surface area contributed by atoms with E-state index in [0.29, 0.717) is 17.2 Å². The van der Waals surface area contributed by atoms with Crippen molar-refractivity contribution in [1.82, 2.24) is 10.3 Å². The van der Waals surface area contributed by atoms with Gasteiger partial charge in [0.1, 0.15) is 17.2 Å². The number of aryl methyl sites for hydroxylation is 1. The number of halogens is 3. The van der Waals surface area contributed by atoms with Gasteiger partial charge >= 0.3 is 6.18 Å². The molecule has 1 amide bonds. The minimum absolute atomic E-state index is 0.0165. The number of amides is 1. The van der Waals surface area contributed by atoms with E-state index in [1.807, 2.05) is 0 Å². The fourth-order valence-corrected chi connectivity index (χ4v) is 3.04. The second-order valence-corrected chi connectivity index (χ2v) is 7.07. The number of pyridine rings is 1. The van der Waals surface area contributed by atoms with Crippen LogP contribution in [0.5, 0.6) is 11.5 Å². The van der Waals surface area contributed by atoms with E-state index in [4.69, 9.17) is 17.0 Å². The lowest BCUT2D eigenvalue weighted by Gasteiger charge is -2.17. The number of thiocarbonyl (C=S) groups is 1. The van der Waals surface area contributed by atoms with Gasteiger partial charge in [0.05, 0.1) is 11.3 Å². The molecule has 32 heavy (non-hydrogen) atoms. The molecular weight excluding hydrogens is 441 g/mol. The van der Waals surface area contributed by atoms with Gasteiger partial charge in [-0.3, -0.25) is 9.78 Å². The van der Waals surface area contributed by atoms with Gasteiger partial charge in [-0.2, -0.15) is 13.2 Å². The molecule has 0 radical (unpaired) electrons. The number of anilines is 2. The Morgan fingerprint density at radius 2 is 1.69 bits per heavy atom. The van der Waals surface area contributed by atoms with Gasteiger partial charge in [-0.05, 0) is 61.1 Å². The van der Waals surface area contributed by atoms with Crippen molar-refractivity contribution in [2.24, 2.45) is 0 Å². The zero-order valence-electron chi connectivity index (χ0n) is 17.1. The zero-order chi connectivity index (χ0) is 23.3. The monoisotopic (exact) mass is 460 g/mol. The second kappa shape index (κ2) is 9.65. The number of carbonyl (C=O) groups excluding carboxylic acids is 1. The van der Waals surface area contributed by atoms with Crippen LogP contribution in [0.2, 0.25) is 0 Å². The average Bonchev–Trinajstić information content (AvgIpc) is 2.75. The first-order chi connectivity index (χ1) is 15.2. The minimum Gasteiger partial charge on any atom is -0.457 e. The number of nitrogens with zero attached hydrogens (tertiary/aromatic N) is 1. The highest BCUT2D eigenvalue weighted by atomic mass is 32.1. The van der Waals surface area contributed by atoms with Gasteiger partial charge in [-0.15, -0.1) is 0 Å². The molecule has 1 aromatic heterocycles. The number of carbonyl (C=O) groups is 1. The maximum absolute atomic E-state index is 13.2. The first kappa shape index (κ1) is 23.0. The first-order valence-electron chi connectivity index (χ1n) is 9.38. The quantitative estimate of drug-likeness (QED) is 0.445. The van der Waals surface area contributed by atoms with Crippen molar-refractivity contribution < 1.29 is 22.7 Å². The van der Waals surface area contributed by atoms with Crippen LogP contribution in [0.4, 0.5) is 24.5 Å². The molecule has 3 N–H and O–H groups in total. The minimum atomic E-state index is -4.50. The molecule has 0 spiro atoms. The Morgan fingerprint density at radius 3 is 2.38 bits per heavy atom. The number of para-hydroxylation sites is 1. The van der Waals surface area contributed by atoms with Crippen molar-refractivity contribution in [3.05, 3.63) is 77.6 Å². The van der Waals surface area contributed by atoms with E-state index in [0.717, 1.165) is 11.6 Å². The lowest BCUT2D eigenvalue weighted by Crippen LogP contribution is -2.22. The SMILES string of the molecule is CNC(=O)c1cc(Oc2ccc(NC(=S)Nc3ccccc3C(F)(F)F)c(C)c2)ccn1. The molecule has 2 aromatic carbocycles. The van der Waals surface area contributed by atoms with Crippen molar-refractivity contribution in [3.8, 4) is 11.5 Å². The smallest absolute Gasteiger partial charge is 0.418 e. The Bertz CT molecular complexity index is 1150. The Morgan fingerprint density at radius 1 is 1.00 bits per heavy atom. The van der Waals surface area contributed by atoms with Crippen LogP contribution in [0.1, 0.15) is 21.6 Å². The summed E-state index contributed by atoms with van der Waals surface area (Å²) in [4.78, 5) is 15.7. The van der Waals surface area contributed by atoms with Crippen molar-refractivity contribution in [3.63, 3.8) is 0 Å². The molecule has 3 aromatic rings. The maximum atomic E-state index is 13.2. The predicted molar refractivity (Wildman–Crippen MR) is 120 cm³/mol. The summed E-state index contributed by atoms with van der Waals surface area (Å²) < 4.78 is 45.3. The molecule has 6 nitrogen and oxygen atoms in total. The molecule has 3 rings (SSSR count). The molecule has 0 atom stereocenters. The summed E-state index contributed by atoms with van der Waals surface area (Å²) in [5, 5.41) is 8.00. The lowest BCUT2D eigenvalue weighted by molar-refractivity contribution is -0.136. The Kier molecular flexibility index (Phi) is 6.94. The van der Waals surface area contributed by atoms with E-state index in [1.54, 1.807) is 31.2 Å². The molecular formula is C22H19F3N4O2S. The van der Waals surface area contributed by atoms with E-state index in [9.17, 15) is 18.0 Å². The maximum Gasteiger partial charge on any atom is 0.418 e. The third-order valence-corrected chi connectivity index (χ3v) is 4.56. The summed E-state index contributed by atoms with van der Waals surface area (Å²) in [7, 11) is 1.51. The zero-order valence-corrected chi connectivity index (χ0v) is 17.9. The van der Waals surface area contributed by atoms with Gasteiger partial charge in [0.15, 0.2) is 5.11 Å². The van der Waals surface area contributed by atoms with Crippen LogP contribution < -0.4 is 20.7 Å². The molecule has 0 unspecified atom stereocenters. The fraction of sp³-hybridized carbons (Fsp3) is 0.136. The largest absolute Gasteiger partial charge is 0.457 e. The van der Waals surface area contributed by atoms with E-state index < -0.39 is 11.7 Å². The fourth-order valence-electron chi connectivity index (χ4n) is 2.82. The number of ether oxygens (including phenoxy) is 1. The number of nitrogens with one attached hydrogen (secondary N) is 3. The van der Waals surface area contributed by atoms with Gasteiger partial charge < -0.3 is 20.7 Å². The molecule has 0 bridgehead atoms. The van der Waals surface area contributed by atoms with E-state index in [1.165, 1.54) is 37.5 Å². The summed E-state index contributed by atoms with van der Waals surface area (Å²) in [5.74, 6) is 0.599. The summed E-state index contributed by atoms with van der Waals surface area (Å²) in [6.07, 6.45) is -3.04. The third kappa shape index (κ3) is 5.73. The number of benzene rings is 2.